The molecular formula is C17H28N4O2. The molecule has 3 unspecified atom stereocenters. The molecule has 2 fully saturated rings. The van der Waals surface area contributed by atoms with Crippen LogP contribution >= 0.6 is 0 Å². The van der Waals surface area contributed by atoms with Crippen molar-refractivity contribution < 1.29 is 9.32 Å². The van der Waals surface area contributed by atoms with Crippen LogP contribution in [0.1, 0.15) is 63.1 Å². The molecule has 6 heteroatoms. The van der Waals surface area contributed by atoms with Crippen LogP contribution in [0.25, 0.3) is 0 Å². The van der Waals surface area contributed by atoms with Crippen LogP contribution < -0.4 is 5.32 Å². The fraction of sp³-hybridized carbons (Fsp3) is 0.824. The summed E-state index contributed by atoms with van der Waals surface area (Å²) in [5.74, 6) is 2.94. The lowest BCUT2D eigenvalue weighted by Crippen LogP contribution is -2.46. The Morgan fingerprint density at radius 3 is 2.96 bits per heavy atom. The van der Waals surface area contributed by atoms with Gasteiger partial charge in [0.1, 0.15) is 0 Å². The second kappa shape index (κ2) is 7.32. The molecule has 128 valence electrons. The lowest BCUT2D eigenvalue weighted by atomic mass is 9.82. The third-order valence-electron chi connectivity index (χ3n) is 5.19. The van der Waals surface area contributed by atoms with E-state index in [1.807, 2.05) is 11.8 Å². The van der Waals surface area contributed by atoms with Gasteiger partial charge in [0.05, 0.1) is 5.92 Å². The maximum atomic E-state index is 12.5. The first kappa shape index (κ1) is 16.3. The molecule has 1 saturated heterocycles. The Kier molecular flexibility index (Phi) is 5.18. The summed E-state index contributed by atoms with van der Waals surface area (Å²) in [5, 5.41) is 7.00. The van der Waals surface area contributed by atoms with Gasteiger partial charge in [0.2, 0.25) is 5.89 Å². The Balaban J connectivity index is 1.49. The summed E-state index contributed by atoms with van der Waals surface area (Å²) < 4.78 is 5.28. The van der Waals surface area contributed by atoms with Crippen molar-refractivity contribution in [3.63, 3.8) is 0 Å². The predicted octanol–water partition coefficient (Wildman–Crippen LogP) is 3.09. The predicted molar refractivity (Wildman–Crippen MR) is 87.1 cm³/mol. The molecule has 1 N–H and O–H groups in total. The molecule has 0 aromatic carbocycles. The zero-order valence-electron chi connectivity index (χ0n) is 14.3. The number of aromatic nitrogens is 2. The van der Waals surface area contributed by atoms with Gasteiger partial charge in [-0.15, -0.1) is 0 Å². The number of hydrogen-bond acceptors (Lipinski definition) is 4. The zero-order chi connectivity index (χ0) is 16.2. The second-order valence-electron chi connectivity index (χ2n) is 7.29. The summed E-state index contributed by atoms with van der Waals surface area (Å²) >= 11 is 0. The molecule has 3 rings (SSSR count). The zero-order valence-corrected chi connectivity index (χ0v) is 14.3. The SMILES string of the molecule is Cc1noc(C2CCCN(C(=O)NCC3CCCC(C)C3)C2)n1. The van der Waals surface area contributed by atoms with E-state index in [-0.39, 0.29) is 11.9 Å². The highest BCUT2D eigenvalue weighted by atomic mass is 16.5. The number of hydrogen-bond donors (Lipinski definition) is 1. The first-order valence-electron chi connectivity index (χ1n) is 8.95. The number of carbonyl (C=O) groups excluding carboxylic acids is 1. The van der Waals surface area contributed by atoms with E-state index >= 15 is 0 Å². The molecule has 0 radical (unpaired) electrons. The quantitative estimate of drug-likeness (QED) is 0.929. The molecule has 2 amide bonds. The minimum atomic E-state index is 0.0594. The second-order valence-corrected chi connectivity index (χ2v) is 7.29. The van der Waals surface area contributed by atoms with Crippen molar-refractivity contribution in [2.75, 3.05) is 19.6 Å². The van der Waals surface area contributed by atoms with Crippen molar-refractivity contribution >= 4 is 6.03 Å². The molecule has 0 bridgehead atoms. The van der Waals surface area contributed by atoms with Crippen LogP contribution in [-0.4, -0.2) is 40.7 Å². The van der Waals surface area contributed by atoms with Crippen molar-refractivity contribution in [2.45, 2.75) is 58.3 Å². The van der Waals surface area contributed by atoms with E-state index in [0.29, 0.717) is 24.2 Å². The molecule has 2 heterocycles. The van der Waals surface area contributed by atoms with Gasteiger partial charge in [0.15, 0.2) is 5.82 Å². The van der Waals surface area contributed by atoms with Gasteiger partial charge in [-0.1, -0.05) is 24.9 Å². The largest absolute Gasteiger partial charge is 0.339 e. The van der Waals surface area contributed by atoms with E-state index in [0.717, 1.165) is 31.8 Å². The fourth-order valence-corrected chi connectivity index (χ4v) is 3.93. The first-order chi connectivity index (χ1) is 11.1. The molecule has 0 spiro atoms. The van der Waals surface area contributed by atoms with E-state index in [1.54, 1.807) is 0 Å². The summed E-state index contributed by atoms with van der Waals surface area (Å²) in [6.45, 7) is 6.44. The first-order valence-corrected chi connectivity index (χ1v) is 8.95. The molecule has 1 aromatic heterocycles. The fourth-order valence-electron chi connectivity index (χ4n) is 3.93. The van der Waals surface area contributed by atoms with Crippen molar-refractivity contribution in [1.29, 1.82) is 0 Å². The maximum Gasteiger partial charge on any atom is 0.317 e. The van der Waals surface area contributed by atoms with Gasteiger partial charge in [0.25, 0.3) is 0 Å². The van der Waals surface area contributed by atoms with E-state index in [9.17, 15) is 4.79 Å². The van der Waals surface area contributed by atoms with Crippen LogP contribution in [0.2, 0.25) is 0 Å². The van der Waals surface area contributed by atoms with E-state index < -0.39 is 0 Å². The van der Waals surface area contributed by atoms with Gasteiger partial charge in [-0.2, -0.15) is 4.98 Å². The molecule has 2 aliphatic rings. The topological polar surface area (TPSA) is 71.3 Å². The van der Waals surface area contributed by atoms with Crippen LogP contribution in [0.15, 0.2) is 4.52 Å². The summed E-state index contributed by atoms with van der Waals surface area (Å²) in [5.41, 5.74) is 0. The van der Waals surface area contributed by atoms with Crippen molar-refractivity contribution in [3.8, 4) is 0 Å². The minimum absolute atomic E-state index is 0.0594. The van der Waals surface area contributed by atoms with Gasteiger partial charge in [-0.3, -0.25) is 0 Å². The lowest BCUT2D eigenvalue weighted by Gasteiger charge is -2.32. The highest BCUT2D eigenvalue weighted by Crippen LogP contribution is 2.28. The Morgan fingerprint density at radius 2 is 2.22 bits per heavy atom. The van der Waals surface area contributed by atoms with Crippen LogP contribution in [-0.2, 0) is 0 Å². The summed E-state index contributed by atoms with van der Waals surface area (Å²) in [6.07, 6.45) is 7.11. The van der Waals surface area contributed by atoms with Crippen LogP contribution in [0.4, 0.5) is 4.79 Å². The number of nitrogens with one attached hydrogen (secondary N) is 1. The lowest BCUT2D eigenvalue weighted by molar-refractivity contribution is 0.168. The third kappa shape index (κ3) is 4.24. The number of urea groups is 1. The van der Waals surface area contributed by atoms with Gasteiger partial charge in [-0.05, 0) is 44.4 Å². The molecule has 1 aromatic rings. The van der Waals surface area contributed by atoms with Crippen LogP contribution in [0.3, 0.4) is 0 Å². The molecule has 3 atom stereocenters. The maximum absolute atomic E-state index is 12.5. The van der Waals surface area contributed by atoms with Crippen molar-refractivity contribution in [2.24, 2.45) is 11.8 Å². The summed E-state index contributed by atoms with van der Waals surface area (Å²) in [4.78, 5) is 18.7. The molecule has 6 nitrogen and oxygen atoms in total. The van der Waals surface area contributed by atoms with Gasteiger partial charge in [-0.25, -0.2) is 4.79 Å². The van der Waals surface area contributed by atoms with E-state index in [4.69, 9.17) is 4.52 Å². The summed E-state index contributed by atoms with van der Waals surface area (Å²) in [7, 11) is 0. The number of likely N-dealkylation sites (tertiary alicyclic amines) is 1. The van der Waals surface area contributed by atoms with Crippen molar-refractivity contribution in [1.82, 2.24) is 20.4 Å². The third-order valence-corrected chi connectivity index (χ3v) is 5.19. The van der Waals surface area contributed by atoms with E-state index in [1.165, 1.54) is 25.7 Å². The Hall–Kier alpha value is -1.59. The smallest absolute Gasteiger partial charge is 0.317 e. The van der Waals surface area contributed by atoms with Gasteiger partial charge >= 0.3 is 6.03 Å². The molecule has 1 aliphatic carbocycles. The summed E-state index contributed by atoms with van der Waals surface area (Å²) in [6, 6.07) is 0.0594. The Morgan fingerprint density at radius 1 is 1.35 bits per heavy atom. The standard InChI is InChI=1S/C17H28N4O2/c1-12-5-3-6-14(9-12)10-18-17(22)21-8-4-7-15(11-21)16-19-13(2)20-23-16/h12,14-15H,3-11H2,1-2H3,(H,18,22). The monoisotopic (exact) mass is 320 g/mol. The average molecular weight is 320 g/mol. The van der Waals surface area contributed by atoms with Crippen LogP contribution in [0, 0.1) is 18.8 Å². The molecular weight excluding hydrogens is 292 g/mol. The molecule has 1 saturated carbocycles. The number of amides is 2. The van der Waals surface area contributed by atoms with E-state index in [2.05, 4.69) is 22.4 Å². The number of rotatable bonds is 3. The molecule has 23 heavy (non-hydrogen) atoms. The normalized spacial score (nSPS) is 28.6. The van der Waals surface area contributed by atoms with Gasteiger partial charge in [0, 0.05) is 19.6 Å². The van der Waals surface area contributed by atoms with Crippen LogP contribution in [0.5, 0.6) is 0 Å². The minimum Gasteiger partial charge on any atom is -0.339 e. The Bertz CT molecular complexity index is 530. The highest BCUT2D eigenvalue weighted by molar-refractivity contribution is 5.74. The molecule has 1 aliphatic heterocycles. The van der Waals surface area contributed by atoms with Crippen molar-refractivity contribution in [3.05, 3.63) is 11.7 Å². The number of piperidine rings is 1. The average Bonchev–Trinajstić information content (AvgIpc) is 2.99. The number of aryl methyl sites for hydroxylation is 1. The number of nitrogens with zero attached hydrogens (tertiary/aromatic N) is 3. The highest BCUT2D eigenvalue weighted by Gasteiger charge is 2.28. The van der Waals surface area contributed by atoms with Gasteiger partial charge < -0.3 is 14.7 Å². The Labute approximate surface area is 138 Å². The number of carbonyl (C=O) groups is 1.